The number of thioether (sulfide) groups is 1. The lowest BCUT2D eigenvalue weighted by Gasteiger charge is -2.16. The Morgan fingerprint density at radius 3 is 2.71 bits per heavy atom. The number of nitrogens with one attached hydrogen (secondary N) is 1. The van der Waals surface area contributed by atoms with E-state index in [1.807, 2.05) is 0 Å². The van der Waals surface area contributed by atoms with Gasteiger partial charge in [-0.05, 0) is 41.3 Å². The number of carbonyl (C=O) groups is 3. The molecule has 11 heteroatoms. The molecule has 28 heavy (non-hydrogen) atoms. The second-order valence-corrected chi connectivity index (χ2v) is 7.69. The van der Waals surface area contributed by atoms with Gasteiger partial charge in [-0.15, -0.1) is 23.1 Å². The fourth-order valence-corrected chi connectivity index (χ4v) is 4.14. The molecule has 0 aliphatic carbocycles. The van der Waals surface area contributed by atoms with E-state index in [0.717, 1.165) is 35.0 Å². The molecule has 0 unspecified atom stereocenters. The number of amides is 2. The third kappa shape index (κ3) is 4.20. The zero-order chi connectivity index (χ0) is 20.5. The lowest BCUT2D eigenvalue weighted by molar-refractivity contribution is -0.137. The van der Waals surface area contributed by atoms with Gasteiger partial charge in [0.15, 0.2) is 0 Å². The summed E-state index contributed by atoms with van der Waals surface area (Å²) < 4.78 is 39.3. The monoisotopic (exact) mass is 428 g/mol. The van der Waals surface area contributed by atoms with Crippen LogP contribution in [0.5, 0.6) is 0 Å². The number of aliphatic carboxylic acids is 1. The van der Waals surface area contributed by atoms with Crippen molar-refractivity contribution in [3.63, 3.8) is 0 Å². The summed E-state index contributed by atoms with van der Waals surface area (Å²) in [5, 5.41) is 11.2. The second kappa shape index (κ2) is 7.68. The van der Waals surface area contributed by atoms with Crippen molar-refractivity contribution in [2.45, 2.75) is 10.4 Å². The highest BCUT2D eigenvalue weighted by atomic mass is 32.2. The number of nitrogens with zero attached hydrogens (tertiary/aromatic N) is 1. The SMILES string of the molecule is O=C(O)CSc1sccc1/C=C1/C(=O)NN(c2cccc(C(F)(F)F)c2)C1=O. The number of hydrogen-bond donors (Lipinski definition) is 2. The van der Waals surface area contributed by atoms with Gasteiger partial charge in [-0.2, -0.15) is 13.2 Å². The van der Waals surface area contributed by atoms with Gasteiger partial charge in [-0.25, -0.2) is 5.01 Å². The second-order valence-electron chi connectivity index (χ2n) is 5.53. The van der Waals surface area contributed by atoms with Crippen LogP contribution in [0.1, 0.15) is 11.1 Å². The summed E-state index contributed by atoms with van der Waals surface area (Å²) in [4.78, 5) is 35.5. The largest absolute Gasteiger partial charge is 0.481 e. The summed E-state index contributed by atoms with van der Waals surface area (Å²) in [5.74, 6) is -2.76. The Labute approximate surface area is 164 Å². The maximum Gasteiger partial charge on any atom is 0.416 e. The van der Waals surface area contributed by atoms with E-state index in [-0.39, 0.29) is 17.0 Å². The summed E-state index contributed by atoms with van der Waals surface area (Å²) in [7, 11) is 0. The van der Waals surface area contributed by atoms with E-state index in [9.17, 15) is 27.6 Å². The Hall–Kier alpha value is -2.79. The number of hydrogen-bond acceptors (Lipinski definition) is 5. The number of rotatable bonds is 5. The molecule has 0 atom stereocenters. The maximum atomic E-state index is 12.9. The summed E-state index contributed by atoms with van der Waals surface area (Å²) in [6, 6.07) is 5.66. The molecule has 1 aliphatic heterocycles. The van der Waals surface area contributed by atoms with Crippen molar-refractivity contribution in [3.05, 3.63) is 52.4 Å². The van der Waals surface area contributed by atoms with Crippen molar-refractivity contribution < 1.29 is 32.7 Å². The molecule has 3 rings (SSSR count). The zero-order valence-electron chi connectivity index (χ0n) is 13.8. The lowest BCUT2D eigenvalue weighted by atomic mass is 10.1. The van der Waals surface area contributed by atoms with Crippen molar-refractivity contribution in [2.75, 3.05) is 10.8 Å². The number of carbonyl (C=O) groups excluding carboxylic acids is 2. The first-order valence-corrected chi connectivity index (χ1v) is 9.50. The van der Waals surface area contributed by atoms with E-state index in [2.05, 4.69) is 5.43 Å². The molecule has 1 aromatic heterocycles. The highest BCUT2D eigenvalue weighted by molar-refractivity contribution is 8.01. The van der Waals surface area contributed by atoms with Gasteiger partial charge in [-0.1, -0.05) is 6.07 Å². The van der Waals surface area contributed by atoms with Crippen LogP contribution >= 0.6 is 23.1 Å². The topological polar surface area (TPSA) is 86.7 Å². The van der Waals surface area contributed by atoms with Gasteiger partial charge >= 0.3 is 12.1 Å². The minimum absolute atomic E-state index is 0.123. The number of alkyl halides is 3. The number of thiophene rings is 1. The predicted molar refractivity (Wildman–Crippen MR) is 97.7 cm³/mol. The standard InChI is InChI=1S/C17H11F3N2O4S2/c18-17(19,20)10-2-1-3-11(7-10)22-15(26)12(14(25)21-22)6-9-4-5-27-16(9)28-8-13(23)24/h1-7H,8H2,(H,21,25)(H,23,24)/b12-6-. The Kier molecular flexibility index (Phi) is 5.47. The van der Waals surface area contributed by atoms with Gasteiger partial charge in [0, 0.05) is 0 Å². The Morgan fingerprint density at radius 1 is 1.29 bits per heavy atom. The molecule has 0 spiro atoms. The zero-order valence-corrected chi connectivity index (χ0v) is 15.5. The average Bonchev–Trinajstić information content (AvgIpc) is 3.18. The van der Waals surface area contributed by atoms with E-state index in [1.54, 1.807) is 11.4 Å². The quantitative estimate of drug-likeness (QED) is 0.433. The maximum absolute atomic E-state index is 12.9. The van der Waals surface area contributed by atoms with Crippen LogP contribution in [-0.2, 0) is 20.6 Å². The summed E-state index contributed by atoms with van der Waals surface area (Å²) in [5.41, 5.74) is 1.40. The Bertz CT molecular complexity index is 985. The van der Waals surface area contributed by atoms with Crippen LogP contribution in [0.3, 0.4) is 0 Å². The van der Waals surface area contributed by atoms with Crippen molar-refractivity contribution >= 4 is 52.6 Å². The Morgan fingerprint density at radius 2 is 2.04 bits per heavy atom. The number of benzene rings is 1. The van der Waals surface area contributed by atoms with Crippen molar-refractivity contribution in [1.82, 2.24) is 5.43 Å². The molecule has 1 aliphatic rings. The lowest BCUT2D eigenvalue weighted by Crippen LogP contribution is -2.35. The molecule has 146 valence electrons. The van der Waals surface area contributed by atoms with Crippen LogP contribution in [0.25, 0.3) is 6.08 Å². The van der Waals surface area contributed by atoms with E-state index in [0.29, 0.717) is 9.77 Å². The van der Waals surface area contributed by atoms with Crippen LogP contribution in [0.2, 0.25) is 0 Å². The van der Waals surface area contributed by atoms with Gasteiger partial charge in [0.05, 0.1) is 21.2 Å². The predicted octanol–water partition coefficient (Wildman–Crippen LogP) is 3.41. The third-order valence-electron chi connectivity index (χ3n) is 3.61. The van der Waals surface area contributed by atoms with Gasteiger partial charge in [0.1, 0.15) is 5.57 Å². The number of hydrazine groups is 1. The molecular formula is C17H11F3N2O4S2. The first-order chi connectivity index (χ1) is 13.2. The van der Waals surface area contributed by atoms with E-state index >= 15 is 0 Å². The fourth-order valence-electron chi connectivity index (χ4n) is 2.37. The smallest absolute Gasteiger partial charge is 0.416 e. The summed E-state index contributed by atoms with van der Waals surface area (Å²) in [6.07, 6.45) is -3.29. The van der Waals surface area contributed by atoms with Crippen molar-refractivity contribution in [2.24, 2.45) is 0 Å². The molecule has 6 nitrogen and oxygen atoms in total. The molecule has 0 saturated carbocycles. The Balaban J connectivity index is 1.88. The van der Waals surface area contributed by atoms with Gasteiger partial charge in [-0.3, -0.25) is 19.8 Å². The molecule has 1 saturated heterocycles. The highest BCUT2D eigenvalue weighted by Crippen LogP contribution is 2.34. The molecule has 2 aromatic rings. The summed E-state index contributed by atoms with van der Waals surface area (Å²) >= 11 is 2.29. The van der Waals surface area contributed by atoms with E-state index in [1.165, 1.54) is 23.5 Å². The third-order valence-corrected chi connectivity index (χ3v) is 5.86. The first-order valence-electron chi connectivity index (χ1n) is 7.63. The minimum atomic E-state index is -4.59. The van der Waals surface area contributed by atoms with Gasteiger partial charge < -0.3 is 5.11 Å². The van der Waals surface area contributed by atoms with Crippen molar-refractivity contribution in [1.29, 1.82) is 0 Å². The average molecular weight is 428 g/mol. The van der Waals surface area contributed by atoms with E-state index < -0.39 is 29.5 Å². The van der Waals surface area contributed by atoms with E-state index in [4.69, 9.17) is 5.11 Å². The molecule has 0 bridgehead atoms. The molecular weight excluding hydrogens is 417 g/mol. The molecule has 2 amide bonds. The van der Waals surface area contributed by atoms with Crippen LogP contribution in [0.15, 0.2) is 45.5 Å². The molecule has 2 N–H and O–H groups in total. The molecule has 2 heterocycles. The van der Waals surface area contributed by atoms with Gasteiger partial charge in [0.2, 0.25) is 0 Å². The van der Waals surface area contributed by atoms with Crippen LogP contribution in [-0.4, -0.2) is 28.6 Å². The van der Waals surface area contributed by atoms with Crippen LogP contribution < -0.4 is 10.4 Å². The number of anilines is 1. The molecule has 1 aromatic carbocycles. The highest BCUT2D eigenvalue weighted by Gasteiger charge is 2.36. The fraction of sp³-hybridized carbons (Fsp3) is 0.118. The molecule has 1 fully saturated rings. The van der Waals surface area contributed by atoms with Crippen LogP contribution in [0, 0.1) is 0 Å². The minimum Gasteiger partial charge on any atom is -0.481 e. The first kappa shape index (κ1) is 20.0. The van der Waals surface area contributed by atoms with Gasteiger partial charge in [0.25, 0.3) is 11.8 Å². The number of halogens is 3. The number of carboxylic acids is 1. The number of carboxylic acid groups (broad SMARTS) is 1. The molecule has 0 radical (unpaired) electrons. The van der Waals surface area contributed by atoms with Crippen molar-refractivity contribution in [3.8, 4) is 0 Å². The van der Waals surface area contributed by atoms with Crippen LogP contribution in [0.4, 0.5) is 18.9 Å². The normalized spacial score (nSPS) is 16.0. The summed E-state index contributed by atoms with van der Waals surface area (Å²) in [6.45, 7) is 0.